The van der Waals surface area contributed by atoms with Crippen molar-refractivity contribution in [3.05, 3.63) is 30.1 Å². The molecule has 0 aromatic carbocycles. The average Bonchev–Trinajstić information content (AvgIpc) is 2.83. The smallest absolute Gasteiger partial charge is 0.253 e. The van der Waals surface area contributed by atoms with Crippen molar-refractivity contribution in [2.45, 2.75) is 38.6 Å². The van der Waals surface area contributed by atoms with Crippen LogP contribution in [0.5, 0.6) is 0 Å². The second-order valence-electron chi connectivity index (χ2n) is 4.55. The zero-order valence-electron chi connectivity index (χ0n) is 9.65. The first-order chi connectivity index (χ1) is 7.77. The van der Waals surface area contributed by atoms with Crippen molar-refractivity contribution in [3.8, 4) is 0 Å². The molecular formula is C13H18N2O. The molecule has 2 rings (SSSR count). The van der Waals surface area contributed by atoms with Gasteiger partial charge in [0.05, 0.1) is 5.56 Å². The van der Waals surface area contributed by atoms with E-state index in [1.807, 2.05) is 0 Å². The number of carbonyl (C=O) groups excluding carboxylic acids is 1. The third kappa shape index (κ3) is 2.60. The van der Waals surface area contributed by atoms with Crippen LogP contribution in [0.1, 0.15) is 43.0 Å². The van der Waals surface area contributed by atoms with E-state index >= 15 is 0 Å². The van der Waals surface area contributed by atoms with E-state index in [9.17, 15) is 4.79 Å². The van der Waals surface area contributed by atoms with Gasteiger partial charge in [-0.15, -0.1) is 0 Å². The molecule has 1 amide bonds. The zero-order valence-corrected chi connectivity index (χ0v) is 9.65. The molecular weight excluding hydrogens is 200 g/mol. The van der Waals surface area contributed by atoms with Gasteiger partial charge in [0, 0.05) is 18.4 Å². The molecule has 1 saturated carbocycles. The maximum absolute atomic E-state index is 11.9. The van der Waals surface area contributed by atoms with E-state index in [4.69, 9.17) is 0 Å². The highest BCUT2D eigenvalue weighted by atomic mass is 16.1. The summed E-state index contributed by atoms with van der Waals surface area (Å²) in [5.41, 5.74) is 0.646. The Labute approximate surface area is 96.3 Å². The Morgan fingerprint density at radius 3 is 2.88 bits per heavy atom. The van der Waals surface area contributed by atoms with Gasteiger partial charge in [0.2, 0.25) is 0 Å². The van der Waals surface area contributed by atoms with Crippen molar-refractivity contribution in [1.29, 1.82) is 0 Å². The molecule has 1 fully saturated rings. The third-order valence-electron chi connectivity index (χ3n) is 3.39. The van der Waals surface area contributed by atoms with Gasteiger partial charge in [-0.3, -0.25) is 9.78 Å². The summed E-state index contributed by atoms with van der Waals surface area (Å²) in [6, 6.07) is 3.86. The van der Waals surface area contributed by atoms with Crippen molar-refractivity contribution in [1.82, 2.24) is 10.3 Å². The Hall–Kier alpha value is -1.38. The topological polar surface area (TPSA) is 42.0 Å². The molecule has 16 heavy (non-hydrogen) atoms. The zero-order chi connectivity index (χ0) is 11.4. The van der Waals surface area contributed by atoms with Crippen LogP contribution in [0.2, 0.25) is 0 Å². The van der Waals surface area contributed by atoms with Crippen molar-refractivity contribution >= 4 is 5.91 Å². The SMILES string of the molecule is C[C@@H](NC(=O)c1cccnc1)C1CCCC1. The number of pyridine rings is 1. The first kappa shape index (κ1) is 11.1. The lowest BCUT2D eigenvalue weighted by atomic mass is 9.99. The summed E-state index contributed by atoms with van der Waals surface area (Å²) in [6.45, 7) is 2.10. The average molecular weight is 218 g/mol. The van der Waals surface area contributed by atoms with Crippen LogP contribution in [0.15, 0.2) is 24.5 Å². The first-order valence-corrected chi connectivity index (χ1v) is 5.98. The van der Waals surface area contributed by atoms with E-state index in [0.717, 1.165) is 0 Å². The van der Waals surface area contributed by atoms with Crippen LogP contribution in [0.25, 0.3) is 0 Å². The molecule has 3 heteroatoms. The van der Waals surface area contributed by atoms with E-state index in [0.29, 0.717) is 11.5 Å². The maximum atomic E-state index is 11.9. The molecule has 3 nitrogen and oxygen atoms in total. The van der Waals surface area contributed by atoms with E-state index < -0.39 is 0 Å². The number of hydrogen-bond donors (Lipinski definition) is 1. The third-order valence-corrected chi connectivity index (χ3v) is 3.39. The summed E-state index contributed by atoms with van der Waals surface area (Å²) in [5, 5.41) is 3.06. The molecule has 0 bridgehead atoms. The van der Waals surface area contributed by atoms with E-state index in [1.165, 1.54) is 25.7 Å². The Kier molecular flexibility index (Phi) is 3.54. The highest BCUT2D eigenvalue weighted by molar-refractivity contribution is 5.93. The molecule has 1 heterocycles. The molecule has 0 radical (unpaired) electrons. The highest BCUT2D eigenvalue weighted by Gasteiger charge is 2.22. The minimum absolute atomic E-state index is 0.00694. The molecule has 86 valence electrons. The molecule has 0 aliphatic heterocycles. The predicted octanol–water partition coefficient (Wildman–Crippen LogP) is 2.39. The van der Waals surface area contributed by atoms with Gasteiger partial charge < -0.3 is 5.32 Å². The monoisotopic (exact) mass is 218 g/mol. The molecule has 1 aliphatic carbocycles. The lowest BCUT2D eigenvalue weighted by molar-refractivity contribution is 0.0927. The number of aromatic nitrogens is 1. The van der Waals surface area contributed by atoms with Crippen molar-refractivity contribution in [2.75, 3.05) is 0 Å². The second-order valence-corrected chi connectivity index (χ2v) is 4.55. The van der Waals surface area contributed by atoms with Gasteiger partial charge in [0.25, 0.3) is 5.91 Å². The van der Waals surface area contributed by atoms with Gasteiger partial charge in [-0.1, -0.05) is 12.8 Å². The number of nitrogens with one attached hydrogen (secondary N) is 1. The number of hydrogen-bond acceptors (Lipinski definition) is 2. The molecule has 1 N–H and O–H groups in total. The minimum Gasteiger partial charge on any atom is -0.349 e. The summed E-state index contributed by atoms with van der Waals surface area (Å²) in [6.07, 6.45) is 8.38. The van der Waals surface area contributed by atoms with Crippen molar-refractivity contribution < 1.29 is 4.79 Å². The van der Waals surface area contributed by atoms with Crippen LogP contribution in [-0.2, 0) is 0 Å². The molecule has 0 saturated heterocycles. The van der Waals surface area contributed by atoms with E-state index in [-0.39, 0.29) is 11.9 Å². The van der Waals surface area contributed by atoms with Crippen LogP contribution in [0, 0.1) is 5.92 Å². The van der Waals surface area contributed by atoms with Crippen LogP contribution >= 0.6 is 0 Å². The fraction of sp³-hybridized carbons (Fsp3) is 0.538. The second kappa shape index (κ2) is 5.10. The fourth-order valence-corrected chi connectivity index (χ4v) is 2.36. The number of carbonyl (C=O) groups is 1. The van der Waals surface area contributed by atoms with Gasteiger partial charge in [0.15, 0.2) is 0 Å². The lowest BCUT2D eigenvalue weighted by Gasteiger charge is -2.20. The normalized spacial score (nSPS) is 18.3. The van der Waals surface area contributed by atoms with Crippen molar-refractivity contribution in [2.24, 2.45) is 5.92 Å². The van der Waals surface area contributed by atoms with Gasteiger partial charge in [-0.25, -0.2) is 0 Å². The standard InChI is InChI=1S/C13H18N2O/c1-10(11-5-2-3-6-11)15-13(16)12-7-4-8-14-9-12/h4,7-11H,2-3,5-6H2,1H3,(H,15,16)/t10-/m1/s1. The Balaban J connectivity index is 1.92. The van der Waals surface area contributed by atoms with Gasteiger partial charge >= 0.3 is 0 Å². The molecule has 1 aromatic heterocycles. The maximum Gasteiger partial charge on any atom is 0.253 e. The largest absolute Gasteiger partial charge is 0.349 e. The van der Waals surface area contributed by atoms with E-state index in [1.54, 1.807) is 24.5 Å². The van der Waals surface area contributed by atoms with Crippen LogP contribution in [0.3, 0.4) is 0 Å². The molecule has 1 aliphatic rings. The number of nitrogens with zero attached hydrogens (tertiary/aromatic N) is 1. The summed E-state index contributed by atoms with van der Waals surface area (Å²) >= 11 is 0. The minimum atomic E-state index is -0.00694. The fourth-order valence-electron chi connectivity index (χ4n) is 2.36. The van der Waals surface area contributed by atoms with Gasteiger partial charge in [-0.2, -0.15) is 0 Å². The van der Waals surface area contributed by atoms with Crippen molar-refractivity contribution in [3.63, 3.8) is 0 Å². The molecule has 1 aromatic rings. The highest BCUT2D eigenvalue weighted by Crippen LogP contribution is 2.27. The van der Waals surface area contributed by atoms with E-state index in [2.05, 4.69) is 17.2 Å². The van der Waals surface area contributed by atoms with Crippen LogP contribution < -0.4 is 5.32 Å². The molecule has 1 atom stereocenters. The predicted molar refractivity (Wildman–Crippen MR) is 63.1 cm³/mol. The Bertz CT molecular complexity index is 344. The summed E-state index contributed by atoms with van der Waals surface area (Å²) in [7, 11) is 0. The molecule has 0 spiro atoms. The lowest BCUT2D eigenvalue weighted by Crippen LogP contribution is -2.37. The van der Waals surface area contributed by atoms with Gasteiger partial charge in [0.1, 0.15) is 0 Å². The van der Waals surface area contributed by atoms with Gasteiger partial charge in [-0.05, 0) is 37.8 Å². The van der Waals surface area contributed by atoms with Crippen LogP contribution in [-0.4, -0.2) is 16.9 Å². The van der Waals surface area contributed by atoms with Crippen LogP contribution in [0.4, 0.5) is 0 Å². The summed E-state index contributed by atoms with van der Waals surface area (Å²) < 4.78 is 0. The first-order valence-electron chi connectivity index (χ1n) is 5.98. The quantitative estimate of drug-likeness (QED) is 0.846. The number of rotatable bonds is 3. The Morgan fingerprint density at radius 2 is 2.25 bits per heavy atom. The Morgan fingerprint density at radius 1 is 1.50 bits per heavy atom. The number of amides is 1. The summed E-state index contributed by atoms with van der Waals surface area (Å²) in [5.74, 6) is 0.646. The molecule has 0 unspecified atom stereocenters. The summed E-state index contributed by atoms with van der Waals surface area (Å²) in [4.78, 5) is 15.8.